The zero-order chi connectivity index (χ0) is 24.9. The highest BCUT2D eigenvalue weighted by atomic mass is 16.5. The standard InChI is InChI=1S/C28H30N2O5/c1-5-14-29-27(31)17(2)35-28(32)25-20-8-6-7-9-22(20)30-26-19(11-12-21(25)26)15-18-10-13-23(33-3)24(16-18)34-4/h6-10,13,15-17H,5,11-12,14H2,1-4H3,(H,29,31)/b19-15+. The second-order valence-electron chi connectivity index (χ2n) is 8.45. The molecule has 2 aromatic carbocycles. The number of hydrogen-bond donors (Lipinski definition) is 1. The number of hydrogen-bond acceptors (Lipinski definition) is 6. The van der Waals surface area contributed by atoms with Crippen LogP contribution in [-0.2, 0) is 16.0 Å². The normalized spacial score (nSPS) is 14.5. The number of nitrogens with one attached hydrogen (secondary N) is 1. The van der Waals surface area contributed by atoms with E-state index < -0.39 is 12.1 Å². The molecular weight excluding hydrogens is 444 g/mol. The first kappa shape index (κ1) is 24.3. The number of carbonyl (C=O) groups is 2. The molecule has 1 unspecified atom stereocenters. The van der Waals surface area contributed by atoms with Crippen LogP contribution in [0.15, 0.2) is 42.5 Å². The van der Waals surface area contributed by atoms with E-state index in [4.69, 9.17) is 19.2 Å². The number of allylic oxidation sites excluding steroid dienone is 1. The third-order valence-electron chi connectivity index (χ3n) is 6.10. The van der Waals surface area contributed by atoms with Gasteiger partial charge >= 0.3 is 5.97 Å². The van der Waals surface area contributed by atoms with E-state index in [-0.39, 0.29) is 5.91 Å². The number of benzene rings is 2. The second-order valence-corrected chi connectivity index (χ2v) is 8.45. The summed E-state index contributed by atoms with van der Waals surface area (Å²) in [5.74, 6) is 0.495. The SMILES string of the molecule is CCCNC(=O)C(C)OC(=O)c1c2c(nc3ccccc13)/C(=C/c1ccc(OC)c(OC)c1)CC2. The van der Waals surface area contributed by atoms with Crippen molar-refractivity contribution in [3.8, 4) is 11.5 Å². The van der Waals surface area contributed by atoms with Gasteiger partial charge in [0.25, 0.3) is 5.91 Å². The maximum atomic E-state index is 13.3. The minimum Gasteiger partial charge on any atom is -0.493 e. The van der Waals surface area contributed by atoms with Crippen molar-refractivity contribution in [2.75, 3.05) is 20.8 Å². The van der Waals surface area contributed by atoms with Crippen molar-refractivity contribution < 1.29 is 23.8 Å². The summed E-state index contributed by atoms with van der Waals surface area (Å²) in [6.45, 7) is 4.10. The minimum atomic E-state index is -0.889. The highest BCUT2D eigenvalue weighted by Gasteiger charge is 2.29. The van der Waals surface area contributed by atoms with E-state index in [2.05, 4.69) is 11.4 Å². The summed E-state index contributed by atoms with van der Waals surface area (Å²) >= 11 is 0. The van der Waals surface area contributed by atoms with Crippen LogP contribution in [0.4, 0.5) is 0 Å². The summed E-state index contributed by atoms with van der Waals surface area (Å²) in [5, 5.41) is 3.50. The van der Waals surface area contributed by atoms with Gasteiger partial charge in [-0.3, -0.25) is 4.79 Å². The van der Waals surface area contributed by atoms with Crippen LogP contribution < -0.4 is 14.8 Å². The van der Waals surface area contributed by atoms with E-state index in [9.17, 15) is 9.59 Å². The average Bonchev–Trinajstić information content (AvgIpc) is 3.27. The predicted octanol–water partition coefficient (Wildman–Crippen LogP) is 4.81. The van der Waals surface area contributed by atoms with E-state index in [1.54, 1.807) is 21.1 Å². The molecule has 0 fully saturated rings. The summed E-state index contributed by atoms with van der Waals surface area (Å²) in [7, 11) is 3.21. The summed E-state index contributed by atoms with van der Waals surface area (Å²) in [6.07, 6.45) is 3.38. The van der Waals surface area contributed by atoms with Crippen LogP contribution in [0.25, 0.3) is 22.6 Å². The van der Waals surface area contributed by atoms with Crippen molar-refractivity contribution in [3.63, 3.8) is 0 Å². The quantitative estimate of drug-likeness (QED) is 0.472. The summed E-state index contributed by atoms with van der Waals surface area (Å²) in [6, 6.07) is 13.3. The Bertz CT molecular complexity index is 1300. The van der Waals surface area contributed by atoms with E-state index >= 15 is 0 Å². The molecule has 0 radical (unpaired) electrons. The largest absolute Gasteiger partial charge is 0.493 e. The van der Waals surface area contributed by atoms with Crippen molar-refractivity contribution in [2.45, 2.75) is 39.2 Å². The molecule has 7 heteroatoms. The molecule has 4 rings (SSSR count). The maximum absolute atomic E-state index is 13.3. The Morgan fingerprint density at radius 3 is 2.60 bits per heavy atom. The zero-order valence-corrected chi connectivity index (χ0v) is 20.5. The Morgan fingerprint density at radius 1 is 1.09 bits per heavy atom. The van der Waals surface area contributed by atoms with E-state index in [1.807, 2.05) is 49.4 Å². The van der Waals surface area contributed by atoms with Gasteiger partial charge in [0, 0.05) is 11.9 Å². The topological polar surface area (TPSA) is 86.8 Å². The lowest BCUT2D eigenvalue weighted by Gasteiger charge is -2.16. The van der Waals surface area contributed by atoms with Crippen molar-refractivity contribution in [3.05, 3.63) is 64.8 Å². The number of rotatable bonds is 8. The second kappa shape index (κ2) is 10.6. The highest BCUT2D eigenvalue weighted by Crippen LogP contribution is 2.38. The Balaban J connectivity index is 1.73. The third-order valence-corrected chi connectivity index (χ3v) is 6.10. The number of ether oxygens (including phenoxy) is 3. The first-order chi connectivity index (χ1) is 17.0. The first-order valence-corrected chi connectivity index (χ1v) is 11.8. The van der Waals surface area contributed by atoms with Crippen LogP contribution in [0, 0.1) is 0 Å². The minimum absolute atomic E-state index is 0.302. The van der Waals surface area contributed by atoms with Crippen LogP contribution in [-0.4, -0.2) is 43.7 Å². The van der Waals surface area contributed by atoms with Crippen LogP contribution in [0.3, 0.4) is 0 Å². The lowest BCUT2D eigenvalue weighted by molar-refractivity contribution is -0.129. The van der Waals surface area contributed by atoms with Crippen molar-refractivity contribution in [1.29, 1.82) is 0 Å². The summed E-state index contributed by atoms with van der Waals surface area (Å²) < 4.78 is 16.4. The molecule has 0 spiro atoms. The number of aromatic nitrogens is 1. The molecule has 0 aliphatic heterocycles. The van der Waals surface area contributed by atoms with Gasteiger partial charge in [0.15, 0.2) is 17.6 Å². The molecular formula is C28H30N2O5. The molecule has 182 valence electrons. The Morgan fingerprint density at radius 2 is 1.86 bits per heavy atom. The third kappa shape index (κ3) is 4.99. The van der Waals surface area contributed by atoms with Gasteiger partial charge in [-0.25, -0.2) is 9.78 Å². The smallest absolute Gasteiger partial charge is 0.339 e. The number of nitrogens with zero attached hydrogens (tertiary/aromatic N) is 1. The van der Waals surface area contributed by atoms with Gasteiger partial charge in [-0.1, -0.05) is 31.2 Å². The van der Waals surface area contributed by atoms with Crippen molar-refractivity contribution in [1.82, 2.24) is 10.3 Å². The molecule has 0 saturated carbocycles. The fraction of sp³-hybridized carbons (Fsp3) is 0.321. The summed E-state index contributed by atoms with van der Waals surface area (Å²) in [5.41, 5.74) is 4.81. The number of para-hydroxylation sites is 1. The monoisotopic (exact) mass is 474 g/mol. The Hall–Kier alpha value is -3.87. The number of methoxy groups -OCH3 is 2. The number of fused-ring (bicyclic) bond motifs is 2. The molecule has 0 saturated heterocycles. The number of carbonyl (C=O) groups excluding carboxylic acids is 2. The first-order valence-electron chi connectivity index (χ1n) is 11.8. The van der Waals surface area contributed by atoms with Crippen LogP contribution >= 0.6 is 0 Å². The molecule has 1 aromatic heterocycles. The van der Waals surface area contributed by atoms with Crippen molar-refractivity contribution in [2.24, 2.45) is 0 Å². The highest BCUT2D eigenvalue weighted by molar-refractivity contribution is 6.07. The molecule has 1 atom stereocenters. The molecule has 1 N–H and O–H groups in total. The Labute approximate surface area is 205 Å². The Kier molecular flexibility index (Phi) is 7.34. The molecule has 35 heavy (non-hydrogen) atoms. The fourth-order valence-corrected chi connectivity index (χ4v) is 4.32. The predicted molar refractivity (Wildman–Crippen MR) is 136 cm³/mol. The number of pyridine rings is 1. The number of amides is 1. The van der Waals surface area contributed by atoms with E-state index in [0.29, 0.717) is 35.5 Å². The van der Waals surface area contributed by atoms with Gasteiger partial charge in [0.05, 0.1) is 31.0 Å². The van der Waals surface area contributed by atoms with Gasteiger partial charge in [-0.2, -0.15) is 0 Å². The fourth-order valence-electron chi connectivity index (χ4n) is 4.32. The van der Waals surface area contributed by atoms with E-state index in [0.717, 1.165) is 40.6 Å². The van der Waals surface area contributed by atoms with Gasteiger partial charge in [0.1, 0.15) is 0 Å². The molecule has 3 aromatic rings. The summed E-state index contributed by atoms with van der Waals surface area (Å²) in [4.78, 5) is 30.5. The molecule has 1 amide bonds. The van der Waals surface area contributed by atoms with Crippen LogP contribution in [0.5, 0.6) is 11.5 Å². The molecule has 1 aliphatic rings. The van der Waals surface area contributed by atoms with Crippen molar-refractivity contribution >= 4 is 34.4 Å². The molecule has 1 aliphatic carbocycles. The van der Waals surface area contributed by atoms with Crippen LogP contribution in [0.1, 0.15) is 53.9 Å². The molecule has 0 bridgehead atoms. The lowest BCUT2D eigenvalue weighted by atomic mass is 10.0. The van der Waals surface area contributed by atoms with Crippen LogP contribution in [0.2, 0.25) is 0 Å². The van der Waals surface area contributed by atoms with E-state index in [1.165, 1.54) is 0 Å². The van der Waals surface area contributed by atoms with Gasteiger partial charge < -0.3 is 19.5 Å². The average molecular weight is 475 g/mol. The lowest BCUT2D eigenvalue weighted by Crippen LogP contribution is -2.36. The number of esters is 1. The van der Waals surface area contributed by atoms with Gasteiger partial charge in [0.2, 0.25) is 0 Å². The molecule has 1 heterocycles. The van der Waals surface area contributed by atoms with Gasteiger partial charge in [-0.15, -0.1) is 0 Å². The van der Waals surface area contributed by atoms with Gasteiger partial charge in [-0.05, 0) is 67.2 Å². The zero-order valence-electron chi connectivity index (χ0n) is 20.5. The maximum Gasteiger partial charge on any atom is 0.339 e. The molecule has 7 nitrogen and oxygen atoms in total.